The summed E-state index contributed by atoms with van der Waals surface area (Å²) >= 11 is 0. The van der Waals surface area contributed by atoms with Gasteiger partial charge in [0.1, 0.15) is 36.4 Å². The Bertz CT molecular complexity index is 1250. The fraction of sp³-hybridized carbons (Fsp3) is 0.629. The molecule has 49 heavy (non-hydrogen) atoms. The zero-order valence-electron chi connectivity index (χ0n) is 28.3. The predicted molar refractivity (Wildman–Crippen MR) is 177 cm³/mol. The number of carbonyl (C=O) groups excluding carboxylic acids is 1. The molecule has 2 aromatic rings. The monoisotopic (exact) mass is 689 g/mol. The number of para-hydroxylation sites is 1. The first-order valence-electron chi connectivity index (χ1n) is 17.3. The molecule has 14 nitrogen and oxygen atoms in total. The van der Waals surface area contributed by atoms with Gasteiger partial charge in [0.05, 0.1) is 49.7 Å². The van der Waals surface area contributed by atoms with Gasteiger partial charge in [0.25, 0.3) is 0 Å². The quantitative estimate of drug-likeness (QED) is 0.115. The number of unbranched alkanes of at least 4 members (excludes halogenated alkanes) is 1. The third kappa shape index (κ3) is 12.0. The maximum absolute atomic E-state index is 12.7. The second-order valence-corrected chi connectivity index (χ2v) is 12.5. The van der Waals surface area contributed by atoms with E-state index in [0.29, 0.717) is 45.8 Å². The van der Waals surface area contributed by atoms with Crippen molar-refractivity contribution in [2.45, 2.75) is 82.1 Å². The van der Waals surface area contributed by atoms with Gasteiger partial charge in [-0.1, -0.05) is 24.3 Å². The summed E-state index contributed by atoms with van der Waals surface area (Å²) < 4.78 is 41.7. The Morgan fingerprint density at radius 3 is 2.53 bits per heavy atom. The molecule has 2 fully saturated rings. The van der Waals surface area contributed by atoms with Crippen molar-refractivity contribution in [2.75, 3.05) is 64.6 Å². The van der Waals surface area contributed by atoms with Gasteiger partial charge < -0.3 is 43.4 Å². The summed E-state index contributed by atoms with van der Waals surface area (Å²) in [6.07, 6.45) is 2.95. The molecular formula is C35H51N3O11. The lowest BCUT2D eigenvalue weighted by Crippen LogP contribution is -2.58. The van der Waals surface area contributed by atoms with Crippen molar-refractivity contribution < 1.29 is 53.2 Å². The first-order valence-corrected chi connectivity index (χ1v) is 17.3. The topological polar surface area (TPSA) is 150 Å². The number of methoxy groups -OCH3 is 1. The maximum atomic E-state index is 12.7. The van der Waals surface area contributed by atoms with E-state index in [1.54, 1.807) is 7.11 Å². The highest BCUT2D eigenvalue weighted by atomic mass is 17.1. The molecule has 0 radical (unpaired) electrons. The zero-order chi connectivity index (χ0) is 34.3. The van der Waals surface area contributed by atoms with Crippen LogP contribution in [0, 0.1) is 0 Å². The molecule has 3 atom stereocenters. The van der Waals surface area contributed by atoms with Crippen molar-refractivity contribution in [1.82, 2.24) is 10.7 Å². The minimum atomic E-state index is -0.795. The van der Waals surface area contributed by atoms with Crippen LogP contribution < -0.4 is 19.7 Å². The second kappa shape index (κ2) is 19.8. The van der Waals surface area contributed by atoms with Crippen LogP contribution in [0.2, 0.25) is 0 Å². The lowest BCUT2D eigenvalue weighted by molar-refractivity contribution is -0.492. The van der Waals surface area contributed by atoms with E-state index >= 15 is 0 Å². The van der Waals surface area contributed by atoms with Crippen LogP contribution in [0.4, 0.5) is 10.5 Å². The van der Waals surface area contributed by atoms with Crippen LogP contribution in [0.1, 0.15) is 50.5 Å². The number of nitrogens with one attached hydrogen (secondary N) is 1. The fourth-order valence-electron chi connectivity index (χ4n) is 6.38. The number of nitrogens with zero attached hydrogens (tertiary/aromatic N) is 2. The van der Waals surface area contributed by atoms with Crippen molar-refractivity contribution in [3.63, 3.8) is 0 Å². The van der Waals surface area contributed by atoms with E-state index in [-0.39, 0.29) is 36.9 Å². The molecule has 14 heteroatoms. The zero-order valence-corrected chi connectivity index (χ0v) is 28.3. The summed E-state index contributed by atoms with van der Waals surface area (Å²) in [6.45, 7) is 4.49. The third-order valence-corrected chi connectivity index (χ3v) is 8.88. The van der Waals surface area contributed by atoms with Gasteiger partial charge in [0.15, 0.2) is 0 Å². The van der Waals surface area contributed by atoms with Crippen LogP contribution in [0.5, 0.6) is 11.5 Å². The van der Waals surface area contributed by atoms with Gasteiger partial charge in [-0.15, -0.1) is 0 Å². The molecular weight excluding hydrogens is 638 g/mol. The average molecular weight is 690 g/mol. The van der Waals surface area contributed by atoms with Crippen LogP contribution in [-0.4, -0.2) is 112 Å². The van der Waals surface area contributed by atoms with Crippen molar-refractivity contribution in [3.8, 4) is 11.5 Å². The number of ether oxygens (including phenoxy) is 7. The summed E-state index contributed by atoms with van der Waals surface area (Å²) in [5, 5.41) is 20.3. The van der Waals surface area contributed by atoms with Crippen LogP contribution in [0.15, 0.2) is 48.5 Å². The van der Waals surface area contributed by atoms with Crippen LogP contribution in [-0.2, 0) is 35.1 Å². The Morgan fingerprint density at radius 2 is 1.73 bits per heavy atom. The largest absolute Gasteiger partial charge is 0.508 e. The molecule has 3 unspecified atom stereocenters. The summed E-state index contributed by atoms with van der Waals surface area (Å²) in [4.78, 5) is 19.6. The highest BCUT2D eigenvalue weighted by Gasteiger charge is 2.40. The number of piperidine rings is 1. The van der Waals surface area contributed by atoms with Crippen LogP contribution >= 0.6 is 0 Å². The summed E-state index contributed by atoms with van der Waals surface area (Å²) in [5.74, 6) is 1.73. The summed E-state index contributed by atoms with van der Waals surface area (Å²) in [5.41, 5.74) is 2.06. The Balaban J connectivity index is 1.19. The molecule has 272 valence electrons. The normalized spacial score (nSPS) is 23.8. The van der Waals surface area contributed by atoms with Gasteiger partial charge in [-0.2, -0.15) is 0 Å². The van der Waals surface area contributed by atoms with Crippen LogP contribution in [0.25, 0.3) is 0 Å². The van der Waals surface area contributed by atoms with E-state index in [1.807, 2.05) is 42.5 Å². The van der Waals surface area contributed by atoms with Crippen molar-refractivity contribution in [3.05, 3.63) is 54.1 Å². The van der Waals surface area contributed by atoms with Gasteiger partial charge in [0.2, 0.25) is 0 Å². The third-order valence-electron chi connectivity index (χ3n) is 8.88. The SMILES string of the molecule is COCCCN1CCOc2ccc(COC3CNCC(OC(=O)OCCCCON(O)O)C3OC3CCC(Oc4ccccc4)CC3)cc21. The molecule has 2 heterocycles. The van der Waals surface area contributed by atoms with Gasteiger partial charge >= 0.3 is 6.16 Å². The van der Waals surface area contributed by atoms with E-state index in [9.17, 15) is 4.79 Å². The Morgan fingerprint density at radius 1 is 0.959 bits per heavy atom. The molecule has 1 saturated carbocycles. The molecule has 2 aromatic carbocycles. The van der Waals surface area contributed by atoms with Crippen molar-refractivity contribution in [1.29, 1.82) is 0 Å². The molecule has 1 saturated heterocycles. The number of hydrogen-bond donors (Lipinski definition) is 3. The lowest BCUT2D eigenvalue weighted by Gasteiger charge is -2.40. The average Bonchev–Trinajstić information content (AvgIpc) is 3.11. The van der Waals surface area contributed by atoms with Gasteiger partial charge in [-0.3, -0.25) is 15.3 Å². The Hall–Kier alpha value is -3.21. The van der Waals surface area contributed by atoms with Gasteiger partial charge in [-0.05, 0) is 74.8 Å². The molecule has 2 aliphatic heterocycles. The first kappa shape index (κ1) is 37.1. The molecule has 3 aliphatic rings. The van der Waals surface area contributed by atoms with E-state index < -0.39 is 18.4 Å². The Labute approximate surface area is 287 Å². The maximum Gasteiger partial charge on any atom is 0.508 e. The van der Waals surface area contributed by atoms with Gasteiger partial charge in [-0.25, -0.2) is 4.79 Å². The fourth-order valence-corrected chi connectivity index (χ4v) is 6.38. The second-order valence-electron chi connectivity index (χ2n) is 12.5. The minimum Gasteiger partial charge on any atom is -0.490 e. The number of fused-ring (bicyclic) bond motifs is 1. The molecule has 0 bridgehead atoms. The Kier molecular flexibility index (Phi) is 15.0. The molecule has 3 N–H and O–H groups in total. The van der Waals surface area contributed by atoms with Crippen molar-refractivity contribution in [2.24, 2.45) is 0 Å². The number of hydrogen-bond acceptors (Lipinski definition) is 14. The highest BCUT2D eigenvalue weighted by molar-refractivity contribution is 5.61. The molecule has 0 amide bonds. The van der Waals surface area contributed by atoms with E-state index in [2.05, 4.69) is 21.1 Å². The van der Waals surface area contributed by atoms with E-state index in [4.69, 9.17) is 43.6 Å². The number of rotatable bonds is 18. The number of anilines is 1. The smallest absolute Gasteiger partial charge is 0.490 e. The molecule has 0 aromatic heterocycles. The first-order chi connectivity index (χ1) is 24.0. The number of benzene rings is 2. The molecule has 5 rings (SSSR count). The lowest BCUT2D eigenvalue weighted by atomic mass is 9.94. The highest BCUT2D eigenvalue weighted by Crippen LogP contribution is 2.34. The van der Waals surface area contributed by atoms with E-state index in [0.717, 1.165) is 67.9 Å². The molecule has 1 aliphatic carbocycles. The van der Waals surface area contributed by atoms with Gasteiger partial charge in [0, 0.05) is 33.4 Å². The standard InChI is InChI=1S/C35H51N3O11/c1-42-18-7-16-37-17-21-43-31-15-10-26(22-30(31)37)25-45-32-23-36-24-33(49-35(39)44-19-5-6-20-46-38(40)41)34(32)48-29-13-11-28(12-14-29)47-27-8-3-2-4-9-27/h2-4,8-10,15,22,28-29,32-34,36,40-41H,5-7,11-14,16-21,23-25H2,1H3. The van der Waals surface area contributed by atoms with E-state index in [1.165, 1.54) is 0 Å². The summed E-state index contributed by atoms with van der Waals surface area (Å²) in [7, 11) is 1.72. The number of carbonyl (C=O) groups is 1. The summed E-state index contributed by atoms with van der Waals surface area (Å²) in [6, 6.07) is 16.0. The predicted octanol–water partition coefficient (Wildman–Crippen LogP) is 4.50. The van der Waals surface area contributed by atoms with Crippen LogP contribution in [0.3, 0.4) is 0 Å². The van der Waals surface area contributed by atoms with Crippen molar-refractivity contribution >= 4 is 11.8 Å². The molecule has 0 spiro atoms. The minimum absolute atomic E-state index is 0.0360.